The molecule has 5 nitrogen and oxygen atoms in total. The molecule has 0 saturated heterocycles. The number of hydrogen-bond donors (Lipinski definition) is 0. The van der Waals surface area contributed by atoms with Crippen LogP contribution in [0.5, 0.6) is 5.75 Å². The fraction of sp³-hybridized carbons (Fsp3) is 0.371. The molecule has 1 aromatic rings. The summed E-state index contributed by atoms with van der Waals surface area (Å²) in [7, 11) is 1.95. The first-order valence-electron chi connectivity index (χ1n) is 14.0. The van der Waals surface area contributed by atoms with Crippen LogP contribution in [0.4, 0.5) is 0 Å². The molecule has 2 rings (SSSR count). The minimum atomic E-state index is -1.30. The SMILES string of the molecule is C#C.C=C/C(=C\C/C=C/OP(Oc1ccc(CCCC=O)cc1)C1=CC=CC=CC1)CCC=O.CC.CC.COC. The van der Waals surface area contributed by atoms with E-state index in [1.807, 2.05) is 88.4 Å². The zero-order valence-corrected chi connectivity index (χ0v) is 26.9. The molecule has 1 atom stereocenters. The first-order valence-corrected chi connectivity index (χ1v) is 15.2. The Morgan fingerprint density at radius 3 is 2.20 bits per heavy atom. The van der Waals surface area contributed by atoms with Gasteiger partial charge in [0, 0.05) is 32.4 Å². The summed E-state index contributed by atoms with van der Waals surface area (Å²) in [6.07, 6.45) is 32.4. The van der Waals surface area contributed by atoms with Gasteiger partial charge < -0.3 is 23.4 Å². The van der Waals surface area contributed by atoms with Crippen LogP contribution in [0.2, 0.25) is 0 Å². The number of rotatable bonds is 15. The number of aryl methyl sites for hydroxylation is 1. The lowest BCUT2D eigenvalue weighted by Gasteiger charge is -2.18. The average molecular weight is 583 g/mol. The zero-order chi connectivity index (χ0) is 31.6. The molecule has 0 radical (unpaired) electrons. The Morgan fingerprint density at radius 1 is 0.976 bits per heavy atom. The van der Waals surface area contributed by atoms with Crippen molar-refractivity contribution in [3.63, 3.8) is 0 Å². The fourth-order valence-corrected chi connectivity index (χ4v) is 4.21. The molecule has 0 bridgehead atoms. The van der Waals surface area contributed by atoms with Crippen LogP contribution >= 0.6 is 8.38 Å². The normalized spacial score (nSPS) is 12.1. The van der Waals surface area contributed by atoms with Gasteiger partial charge in [0.1, 0.15) is 18.3 Å². The second-order valence-corrected chi connectivity index (χ2v) is 9.02. The van der Waals surface area contributed by atoms with Gasteiger partial charge in [-0.2, -0.15) is 0 Å². The van der Waals surface area contributed by atoms with Crippen LogP contribution in [-0.2, 0) is 25.3 Å². The monoisotopic (exact) mass is 582 g/mol. The topological polar surface area (TPSA) is 61.8 Å². The number of ether oxygens (including phenoxy) is 1. The summed E-state index contributed by atoms with van der Waals surface area (Å²) in [5, 5.41) is 1.08. The van der Waals surface area contributed by atoms with Crippen molar-refractivity contribution in [1.82, 2.24) is 0 Å². The quantitative estimate of drug-likeness (QED) is 0.0514. The Labute approximate surface area is 251 Å². The first-order chi connectivity index (χ1) is 20.2. The van der Waals surface area contributed by atoms with E-state index in [0.717, 1.165) is 48.5 Å². The molecular formula is C35H51O5P. The van der Waals surface area contributed by atoms with Gasteiger partial charge in [-0.05, 0) is 55.9 Å². The number of carbonyl (C=O) groups excluding carboxylic acids is 2. The van der Waals surface area contributed by atoms with Crippen molar-refractivity contribution in [3.05, 3.63) is 102 Å². The molecule has 6 heteroatoms. The molecule has 0 aromatic heterocycles. The minimum Gasteiger partial charge on any atom is -0.444 e. The molecule has 41 heavy (non-hydrogen) atoms. The third-order valence-corrected chi connectivity index (χ3v) is 6.18. The summed E-state index contributed by atoms with van der Waals surface area (Å²) >= 11 is 0. The number of allylic oxidation sites excluding steroid dienone is 10. The van der Waals surface area contributed by atoms with Crippen LogP contribution in [0.1, 0.15) is 71.8 Å². The van der Waals surface area contributed by atoms with Crippen LogP contribution in [0.15, 0.2) is 96.6 Å². The number of terminal acetylenes is 1. The van der Waals surface area contributed by atoms with E-state index in [9.17, 15) is 9.59 Å². The third-order valence-electron chi connectivity index (χ3n) is 4.69. The third kappa shape index (κ3) is 24.1. The molecule has 0 fully saturated rings. The maximum Gasteiger partial charge on any atom is 0.321 e. The smallest absolute Gasteiger partial charge is 0.321 e. The zero-order valence-electron chi connectivity index (χ0n) is 26.0. The number of methoxy groups -OCH3 is 1. The average Bonchev–Trinajstić information content (AvgIpc) is 3.32. The summed E-state index contributed by atoms with van der Waals surface area (Å²) in [5.74, 6) is 0.754. The van der Waals surface area contributed by atoms with Crippen LogP contribution in [0.3, 0.4) is 0 Å². The van der Waals surface area contributed by atoms with Crippen molar-refractivity contribution < 1.29 is 23.4 Å². The van der Waals surface area contributed by atoms with Crippen molar-refractivity contribution in [2.45, 2.75) is 72.6 Å². The highest BCUT2D eigenvalue weighted by molar-refractivity contribution is 7.52. The van der Waals surface area contributed by atoms with E-state index in [2.05, 4.69) is 30.2 Å². The van der Waals surface area contributed by atoms with Gasteiger partial charge in [0.2, 0.25) is 0 Å². The van der Waals surface area contributed by atoms with E-state index < -0.39 is 8.38 Å². The number of unbranched alkanes of at least 4 members (excludes halogenated alkanes) is 1. The lowest BCUT2D eigenvalue weighted by molar-refractivity contribution is -0.108. The molecule has 226 valence electrons. The van der Waals surface area contributed by atoms with E-state index in [4.69, 9.17) is 9.05 Å². The summed E-state index contributed by atoms with van der Waals surface area (Å²) in [6, 6.07) is 7.97. The van der Waals surface area contributed by atoms with Crippen molar-refractivity contribution in [2.75, 3.05) is 14.2 Å². The summed E-state index contributed by atoms with van der Waals surface area (Å²) in [4.78, 5) is 21.0. The van der Waals surface area contributed by atoms with E-state index in [-0.39, 0.29) is 0 Å². The van der Waals surface area contributed by atoms with Crippen molar-refractivity contribution >= 4 is 20.9 Å². The van der Waals surface area contributed by atoms with Gasteiger partial charge in [-0.15, -0.1) is 12.8 Å². The van der Waals surface area contributed by atoms with E-state index >= 15 is 0 Å². The Hall–Kier alpha value is -3.45. The fourth-order valence-electron chi connectivity index (χ4n) is 2.94. The minimum absolute atomic E-state index is 0.502. The Kier molecular flexibility index (Phi) is 35.4. The highest BCUT2D eigenvalue weighted by Gasteiger charge is 2.18. The molecule has 0 spiro atoms. The maximum atomic E-state index is 10.5. The second-order valence-electron chi connectivity index (χ2n) is 7.54. The van der Waals surface area contributed by atoms with E-state index in [0.29, 0.717) is 25.7 Å². The predicted molar refractivity (Wildman–Crippen MR) is 178 cm³/mol. The second kappa shape index (κ2) is 34.6. The molecular weight excluding hydrogens is 531 g/mol. The van der Waals surface area contributed by atoms with Crippen molar-refractivity contribution in [2.24, 2.45) is 0 Å². The van der Waals surface area contributed by atoms with Gasteiger partial charge in [0.15, 0.2) is 0 Å². The number of carbonyl (C=O) groups is 2. The Bertz CT molecular complexity index is 937. The van der Waals surface area contributed by atoms with Crippen molar-refractivity contribution in [3.8, 4) is 18.6 Å². The largest absolute Gasteiger partial charge is 0.444 e. The number of aldehydes is 2. The van der Waals surface area contributed by atoms with Gasteiger partial charge in [-0.25, -0.2) is 0 Å². The van der Waals surface area contributed by atoms with E-state index in [1.165, 1.54) is 5.56 Å². The van der Waals surface area contributed by atoms with Gasteiger partial charge in [-0.1, -0.05) is 94.5 Å². The Morgan fingerprint density at radius 2 is 1.61 bits per heavy atom. The summed E-state index contributed by atoms with van der Waals surface area (Å²) < 4.78 is 16.5. The standard InChI is InChI=1S/C27H31O4P.C2H6O.2C2H6.C2H2/c1-2-24(14-11-22-29)12-8-10-23-30-32(27-15-5-3-4-6-16-27)31-26-19-17-25(18-20-26)13-7-9-21-28;1-3-2;3*1-2/h2-6,10,12,15,17-23H,1,7-9,11,13-14,16H2;1-2H3;2*1-2H3;1-2H/b23-10+,24-12+;;;;. The summed E-state index contributed by atoms with van der Waals surface area (Å²) in [6.45, 7) is 11.8. The molecule has 1 aliphatic carbocycles. The molecule has 1 aliphatic rings. The molecule has 0 aliphatic heterocycles. The molecule has 0 N–H and O–H groups in total. The Balaban J connectivity index is -0.00000144. The molecule has 0 amide bonds. The molecule has 1 unspecified atom stereocenters. The molecule has 1 aromatic carbocycles. The highest BCUT2D eigenvalue weighted by atomic mass is 31.2. The van der Waals surface area contributed by atoms with Crippen LogP contribution < -0.4 is 4.52 Å². The molecule has 0 saturated carbocycles. The van der Waals surface area contributed by atoms with Gasteiger partial charge in [0.25, 0.3) is 0 Å². The van der Waals surface area contributed by atoms with Gasteiger partial charge in [0.05, 0.1) is 6.26 Å². The number of hydrogen-bond acceptors (Lipinski definition) is 5. The van der Waals surface area contributed by atoms with Gasteiger partial charge in [-0.3, -0.25) is 0 Å². The highest BCUT2D eigenvalue weighted by Crippen LogP contribution is 2.49. The van der Waals surface area contributed by atoms with Crippen LogP contribution in [0, 0.1) is 12.8 Å². The summed E-state index contributed by atoms with van der Waals surface area (Å²) in [5.41, 5.74) is 2.23. The molecule has 0 heterocycles. The van der Waals surface area contributed by atoms with Crippen LogP contribution in [0.25, 0.3) is 0 Å². The van der Waals surface area contributed by atoms with Crippen LogP contribution in [-0.4, -0.2) is 26.8 Å². The maximum absolute atomic E-state index is 10.5. The lowest BCUT2D eigenvalue weighted by atomic mass is 10.1. The van der Waals surface area contributed by atoms with Crippen molar-refractivity contribution in [1.29, 1.82) is 0 Å². The lowest BCUT2D eigenvalue weighted by Crippen LogP contribution is -1.94. The number of benzene rings is 1. The first kappa shape index (κ1) is 42.0. The van der Waals surface area contributed by atoms with Gasteiger partial charge >= 0.3 is 8.38 Å². The van der Waals surface area contributed by atoms with E-state index in [1.54, 1.807) is 26.6 Å². The predicted octanol–water partition coefficient (Wildman–Crippen LogP) is 9.88.